The summed E-state index contributed by atoms with van der Waals surface area (Å²) >= 11 is 1.12. The number of allylic oxidation sites excluding steroid dienone is 1. The fourth-order valence-corrected chi connectivity index (χ4v) is 4.65. The molecule has 7 nitrogen and oxygen atoms in total. The van der Waals surface area contributed by atoms with Crippen LogP contribution in [0.1, 0.15) is 72.8 Å². The second-order valence-corrected chi connectivity index (χ2v) is 10.1. The van der Waals surface area contributed by atoms with Crippen molar-refractivity contribution in [3.8, 4) is 5.75 Å². The molecule has 9 heteroatoms. The number of carboxylic acids is 1. The van der Waals surface area contributed by atoms with Crippen LogP contribution in [-0.4, -0.2) is 38.3 Å². The predicted octanol–water partition coefficient (Wildman–Crippen LogP) is 2.41. The predicted molar refractivity (Wildman–Crippen MR) is 124 cm³/mol. The standard InChI is InChI=1S/C24H27BNO6.W/c1-4-16-19(26(3)15-18(23(16)27)24(28)29)12-8-6-7-9-14-31-21-13-10-11-17-20(5-2)32-25(30)22(17)21;/h10-13,15,20,30H,5-7,9,14H2,1-3H3,(H,28,29);/q-1;/t20-;/m1./s1. The molecule has 0 radical (unpaired) electrons. The fourth-order valence-electron chi connectivity index (χ4n) is 3.94. The molecular formula is C24H27BNO6W-. The summed E-state index contributed by atoms with van der Waals surface area (Å²) in [6.07, 6.45) is 9.33. The van der Waals surface area contributed by atoms with Crippen LogP contribution in [0.25, 0.3) is 6.08 Å². The number of benzene rings is 1. The van der Waals surface area contributed by atoms with Gasteiger partial charge in [0.1, 0.15) is 0 Å². The Labute approximate surface area is 204 Å². The van der Waals surface area contributed by atoms with Crippen LogP contribution in [0.15, 0.2) is 29.2 Å². The third kappa shape index (κ3) is 5.63. The molecule has 1 aromatic carbocycles. The number of unbranched alkanes of at least 4 members (excludes halogenated alkanes) is 2. The Morgan fingerprint density at radius 3 is 2.82 bits per heavy atom. The van der Waals surface area contributed by atoms with Gasteiger partial charge in [-0.05, 0) is 12.0 Å². The van der Waals surface area contributed by atoms with Crippen LogP contribution in [0.4, 0.5) is 0 Å². The van der Waals surface area contributed by atoms with Crippen LogP contribution in [0.2, 0.25) is 0 Å². The summed E-state index contributed by atoms with van der Waals surface area (Å²) in [5, 5.41) is 19.5. The average Bonchev–Trinajstić information content (AvgIpc) is 3.11. The summed E-state index contributed by atoms with van der Waals surface area (Å²) in [5.41, 5.74) is 2.12. The maximum atomic E-state index is 12.6. The topological polar surface area (TPSA) is 98.0 Å². The van der Waals surface area contributed by atoms with Gasteiger partial charge < -0.3 is 9.68 Å². The number of hydrogen-bond donors (Lipinski definition) is 2. The first-order valence-corrected chi connectivity index (χ1v) is 12.4. The molecule has 0 bridgehead atoms. The molecule has 3 rings (SSSR count). The molecule has 2 N–H and O–H groups in total. The first kappa shape index (κ1) is 25.3. The SMILES string of the molecule is CC[C@H]1OB(O)c2c(OCCCC[C-]=Cc3c([C](C)=[W])c(=O)c(C(=O)O)cn3C)cccc21. The molecule has 33 heavy (non-hydrogen) atoms. The normalized spacial score (nSPS) is 15.2. The fraction of sp³-hybridized carbons (Fsp3) is 0.375. The van der Waals surface area contributed by atoms with Crippen LogP contribution < -0.4 is 15.6 Å². The maximum absolute atomic E-state index is 12.6. The number of rotatable bonds is 10. The number of pyridine rings is 1. The molecule has 1 aliphatic heterocycles. The number of nitrogens with zero attached hydrogens (tertiary/aromatic N) is 1. The molecule has 1 aliphatic rings. The Morgan fingerprint density at radius 1 is 1.39 bits per heavy atom. The minimum Gasteiger partial charge on any atom is -0.0583 e. The molecule has 1 aromatic heterocycles. The molecule has 2 heterocycles. The Hall–Kier alpha value is -2.28. The van der Waals surface area contributed by atoms with Gasteiger partial charge in [0.15, 0.2) is 0 Å². The first-order valence-electron chi connectivity index (χ1n) is 10.9. The van der Waals surface area contributed by atoms with E-state index in [9.17, 15) is 19.7 Å². The molecule has 0 unspecified atom stereocenters. The van der Waals surface area contributed by atoms with E-state index in [1.807, 2.05) is 32.0 Å². The van der Waals surface area contributed by atoms with Crippen LogP contribution >= 0.6 is 0 Å². The quantitative estimate of drug-likeness (QED) is 0.241. The summed E-state index contributed by atoms with van der Waals surface area (Å²) < 4.78 is 14.0. The van der Waals surface area contributed by atoms with Gasteiger partial charge in [-0.25, -0.2) is 0 Å². The summed E-state index contributed by atoms with van der Waals surface area (Å²) in [6, 6.07) is 5.73. The van der Waals surface area contributed by atoms with Crippen LogP contribution in [0.5, 0.6) is 5.75 Å². The molecule has 0 saturated carbocycles. The second-order valence-electron chi connectivity index (χ2n) is 7.90. The Kier molecular flexibility index (Phi) is 8.63. The van der Waals surface area contributed by atoms with Crippen molar-refractivity contribution in [2.24, 2.45) is 7.05 Å². The zero-order chi connectivity index (χ0) is 24.1. The van der Waals surface area contributed by atoms with Crippen molar-refractivity contribution < 1.29 is 43.7 Å². The van der Waals surface area contributed by atoms with E-state index >= 15 is 0 Å². The van der Waals surface area contributed by atoms with E-state index in [0.717, 1.165) is 53.5 Å². The minimum atomic E-state index is -1.22. The van der Waals surface area contributed by atoms with Gasteiger partial charge in [-0.1, -0.05) is 19.1 Å². The van der Waals surface area contributed by atoms with E-state index in [0.29, 0.717) is 30.0 Å². The van der Waals surface area contributed by atoms with Gasteiger partial charge in [0.05, 0.1) is 6.10 Å². The average molecular weight is 620 g/mol. The van der Waals surface area contributed by atoms with Crippen molar-refractivity contribution in [3.63, 3.8) is 0 Å². The second kappa shape index (κ2) is 11.2. The van der Waals surface area contributed by atoms with Gasteiger partial charge >= 0.3 is 158 Å². The number of aryl methyl sites for hydroxylation is 1. The Bertz CT molecular complexity index is 1140. The number of carbonyl (C=O) groups is 1. The smallest absolute Gasteiger partial charge is 0.0583 e. The zero-order valence-corrected chi connectivity index (χ0v) is 21.9. The Morgan fingerprint density at radius 2 is 2.15 bits per heavy atom. The summed E-state index contributed by atoms with van der Waals surface area (Å²) in [4.78, 5) is 23.9. The molecule has 174 valence electrons. The van der Waals surface area contributed by atoms with Crippen LogP contribution in [0.3, 0.4) is 0 Å². The molecule has 1 atom stereocenters. The molecule has 0 spiro atoms. The van der Waals surface area contributed by atoms with E-state index in [1.54, 1.807) is 17.7 Å². The van der Waals surface area contributed by atoms with Crippen LogP contribution in [-0.2, 0) is 31.1 Å². The van der Waals surface area contributed by atoms with Gasteiger partial charge in [-0.2, -0.15) is 0 Å². The van der Waals surface area contributed by atoms with E-state index in [4.69, 9.17) is 9.39 Å². The first-order chi connectivity index (χ1) is 15.8. The number of aromatic nitrogens is 1. The minimum absolute atomic E-state index is 0.102. The van der Waals surface area contributed by atoms with Crippen molar-refractivity contribution in [3.05, 3.63) is 63.1 Å². The Balaban J connectivity index is 1.58. The zero-order valence-electron chi connectivity index (χ0n) is 19.0. The van der Waals surface area contributed by atoms with Crippen molar-refractivity contribution in [1.82, 2.24) is 4.57 Å². The number of ether oxygens (including phenoxy) is 1. The van der Waals surface area contributed by atoms with Crippen molar-refractivity contribution in [2.75, 3.05) is 6.61 Å². The van der Waals surface area contributed by atoms with E-state index in [2.05, 4.69) is 6.08 Å². The molecular weight excluding hydrogens is 593 g/mol. The van der Waals surface area contributed by atoms with Gasteiger partial charge in [0.2, 0.25) is 0 Å². The van der Waals surface area contributed by atoms with Crippen LogP contribution in [0, 0.1) is 6.08 Å². The number of aromatic carboxylic acids is 1. The van der Waals surface area contributed by atoms with Gasteiger partial charge in [0, 0.05) is 0 Å². The van der Waals surface area contributed by atoms with E-state index in [1.165, 1.54) is 6.20 Å². The molecule has 0 amide bonds. The molecule has 0 fully saturated rings. The summed E-state index contributed by atoms with van der Waals surface area (Å²) in [6.45, 7) is 4.35. The molecule has 0 aliphatic carbocycles. The molecule has 0 saturated heterocycles. The van der Waals surface area contributed by atoms with Gasteiger partial charge in [-0.15, -0.1) is 0 Å². The number of carboxylic acid groups (broad SMARTS) is 1. The van der Waals surface area contributed by atoms with Crippen molar-refractivity contribution >= 4 is 28.5 Å². The van der Waals surface area contributed by atoms with E-state index in [-0.39, 0.29) is 11.7 Å². The van der Waals surface area contributed by atoms with Gasteiger partial charge in [-0.3, -0.25) is 0 Å². The van der Waals surface area contributed by atoms with Gasteiger partial charge in [0.25, 0.3) is 0 Å². The van der Waals surface area contributed by atoms with E-state index < -0.39 is 18.5 Å². The summed E-state index contributed by atoms with van der Waals surface area (Å²) in [5.74, 6) is -0.564. The number of fused-ring (bicyclic) bond motifs is 1. The molecule has 2 aromatic rings. The van der Waals surface area contributed by atoms with Crippen molar-refractivity contribution in [1.29, 1.82) is 0 Å². The third-order valence-electron chi connectivity index (χ3n) is 5.58. The summed E-state index contributed by atoms with van der Waals surface area (Å²) in [7, 11) is 0.778. The monoisotopic (exact) mass is 620 g/mol. The third-order valence-corrected chi connectivity index (χ3v) is 6.32. The van der Waals surface area contributed by atoms with Crippen molar-refractivity contribution in [2.45, 2.75) is 45.6 Å². The number of hydrogen-bond acceptors (Lipinski definition) is 5.